The summed E-state index contributed by atoms with van der Waals surface area (Å²) in [5, 5.41) is 18.5. The van der Waals surface area contributed by atoms with Crippen molar-refractivity contribution in [3.05, 3.63) is 46.1 Å². The van der Waals surface area contributed by atoms with Crippen molar-refractivity contribution in [3.8, 4) is 11.3 Å². The topological polar surface area (TPSA) is 110 Å². The zero-order valence-electron chi connectivity index (χ0n) is 15.8. The van der Waals surface area contributed by atoms with Gasteiger partial charge in [0.2, 0.25) is 10.0 Å². The maximum absolute atomic E-state index is 11.6. The summed E-state index contributed by atoms with van der Waals surface area (Å²) in [4.78, 5) is 10.4. The van der Waals surface area contributed by atoms with Gasteiger partial charge in [-0.3, -0.25) is 14.8 Å². The van der Waals surface area contributed by atoms with E-state index in [9.17, 15) is 18.5 Å². The molecule has 0 saturated heterocycles. The van der Waals surface area contributed by atoms with E-state index in [1.54, 1.807) is 16.8 Å². The highest BCUT2D eigenvalue weighted by molar-refractivity contribution is 7.88. The summed E-state index contributed by atoms with van der Waals surface area (Å²) in [5.74, 6) is 0. The number of benzene rings is 1. The average Bonchev–Trinajstić information content (AvgIpc) is 2.97. The number of nitrogens with zero attached hydrogens (tertiary/aromatic N) is 4. The largest absolute Gasteiger partial charge is 0.312 e. The Bertz CT molecular complexity index is 877. The Morgan fingerprint density at radius 2 is 1.96 bits per heavy atom. The summed E-state index contributed by atoms with van der Waals surface area (Å²) in [6.07, 6.45) is 3.82. The van der Waals surface area contributed by atoms with Gasteiger partial charge in [-0.15, -0.1) is 0 Å². The predicted molar refractivity (Wildman–Crippen MR) is 104 cm³/mol. The smallest absolute Gasteiger partial charge is 0.269 e. The van der Waals surface area contributed by atoms with Crippen molar-refractivity contribution in [2.75, 3.05) is 25.9 Å². The lowest BCUT2D eigenvalue weighted by Crippen LogP contribution is -2.32. The molecule has 0 radical (unpaired) electrons. The van der Waals surface area contributed by atoms with Crippen LogP contribution in [0.4, 0.5) is 5.69 Å². The zero-order chi connectivity index (χ0) is 20.0. The van der Waals surface area contributed by atoms with Crippen LogP contribution in [0.1, 0.15) is 18.9 Å². The molecule has 10 heteroatoms. The van der Waals surface area contributed by atoms with Crippen LogP contribution in [0, 0.1) is 10.1 Å². The second-order valence-corrected chi connectivity index (χ2v) is 8.25. The van der Waals surface area contributed by atoms with Crippen LogP contribution in [0.15, 0.2) is 30.5 Å². The van der Waals surface area contributed by atoms with Crippen molar-refractivity contribution in [1.29, 1.82) is 0 Å². The number of nitro benzene ring substituents is 1. The van der Waals surface area contributed by atoms with Crippen molar-refractivity contribution in [1.82, 2.24) is 19.4 Å². The first kappa shape index (κ1) is 21.0. The Morgan fingerprint density at radius 3 is 2.52 bits per heavy atom. The van der Waals surface area contributed by atoms with Crippen molar-refractivity contribution in [3.63, 3.8) is 0 Å². The molecule has 9 nitrogen and oxygen atoms in total. The maximum atomic E-state index is 11.6. The number of aromatic nitrogens is 2. The molecule has 0 amide bonds. The Balaban J connectivity index is 1.95. The van der Waals surface area contributed by atoms with Crippen molar-refractivity contribution < 1.29 is 13.3 Å². The van der Waals surface area contributed by atoms with E-state index < -0.39 is 14.9 Å². The number of non-ortho nitro benzene ring substituents is 1. The Hall–Kier alpha value is -2.30. The minimum absolute atomic E-state index is 0.0423. The summed E-state index contributed by atoms with van der Waals surface area (Å²) in [7, 11) is -1.34. The van der Waals surface area contributed by atoms with Gasteiger partial charge >= 0.3 is 0 Å². The first-order valence-corrected chi connectivity index (χ1v) is 10.5. The predicted octanol–water partition coefficient (Wildman–Crippen LogP) is 1.76. The lowest BCUT2D eigenvalue weighted by Gasteiger charge is -2.17. The number of rotatable bonds is 10. The number of nitrogens with one attached hydrogen (secondary N) is 1. The van der Waals surface area contributed by atoms with Gasteiger partial charge in [0.25, 0.3) is 5.69 Å². The molecule has 27 heavy (non-hydrogen) atoms. The SMILES string of the molecule is CCN(CCCNCc1cn(C)nc1-c1ccc([N+](=O)[O-])cc1)S(C)(=O)=O. The number of aryl methyl sites for hydroxylation is 1. The number of hydrogen-bond acceptors (Lipinski definition) is 6. The molecule has 1 aromatic carbocycles. The summed E-state index contributed by atoms with van der Waals surface area (Å²) < 4.78 is 26.3. The Morgan fingerprint density at radius 1 is 1.30 bits per heavy atom. The number of nitro groups is 1. The first-order valence-electron chi connectivity index (χ1n) is 8.65. The van der Waals surface area contributed by atoms with E-state index >= 15 is 0 Å². The van der Waals surface area contributed by atoms with Gasteiger partial charge in [-0.25, -0.2) is 12.7 Å². The highest BCUT2D eigenvalue weighted by Crippen LogP contribution is 2.24. The van der Waals surface area contributed by atoms with Crippen molar-refractivity contribution >= 4 is 15.7 Å². The molecule has 1 aromatic heterocycles. The maximum Gasteiger partial charge on any atom is 0.269 e. The molecule has 0 aliphatic carbocycles. The van der Waals surface area contributed by atoms with Gasteiger partial charge in [-0.05, 0) is 25.1 Å². The molecule has 2 rings (SSSR count). The highest BCUT2D eigenvalue weighted by Gasteiger charge is 2.14. The fraction of sp³-hybridized carbons (Fsp3) is 0.471. The van der Waals surface area contributed by atoms with Gasteiger partial charge in [-0.2, -0.15) is 5.10 Å². The lowest BCUT2D eigenvalue weighted by molar-refractivity contribution is -0.384. The average molecular weight is 395 g/mol. The van der Waals surface area contributed by atoms with E-state index in [1.165, 1.54) is 22.7 Å². The molecule has 0 unspecified atom stereocenters. The van der Waals surface area contributed by atoms with E-state index in [0.29, 0.717) is 32.6 Å². The third kappa shape index (κ3) is 5.84. The van der Waals surface area contributed by atoms with Gasteiger partial charge < -0.3 is 5.32 Å². The molecule has 1 heterocycles. The van der Waals surface area contributed by atoms with Crippen LogP contribution >= 0.6 is 0 Å². The molecule has 0 bridgehead atoms. The molecule has 0 aliphatic heterocycles. The molecule has 0 spiro atoms. The number of hydrogen-bond donors (Lipinski definition) is 1. The summed E-state index contributed by atoms with van der Waals surface area (Å²) in [6.45, 7) is 4.00. The molecular formula is C17H25N5O4S. The summed E-state index contributed by atoms with van der Waals surface area (Å²) in [6, 6.07) is 6.31. The van der Waals surface area contributed by atoms with Gasteiger partial charge in [0, 0.05) is 56.1 Å². The zero-order valence-corrected chi connectivity index (χ0v) is 16.6. The molecule has 1 N–H and O–H groups in total. The lowest BCUT2D eigenvalue weighted by atomic mass is 10.1. The van der Waals surface area contributed by atoms with Gasteiger partial charge in [0.05, 0.1) is 16.9 Å². The second-order valence-electron chi connectivity index (χ2n) is 6.27. The summed E-state index contributed by atoms with van der Waals surface area (Å²) in [5.41, 5.74) is 2.60. The Labute approximate surface area is 159 Å². The van der Waals surface area contributed by atoms with E-state index in [4.69, 9.17) is 0 Å². The fourth-order valence-electron chi connectivity index (χ4n) is 2.81. The van der Waals surface area contributed by atoms with Crippen LogP contribution in [0.3, 0.4) is 0 Å². The normalized spacial score (nSPS) is 11.9. The third-order valence-corrected chi connectivity index (χ3v) is 5.53. The van der Waals surface area contributed by atoms with Crippen LogP contribution in [-0.4, -0.2) is 53.3 Å². The van der Waals surface area contributed by atoms with Crippen LogP contribution in [0.2, 0.25) is 0 Å². The van der Waals surface area contributed by atoms with Gasteiger partial charge in [0.15, 0.2) is 0 Å². The molecule has 148 valence electrons. The van der Waals surface area contributed by atoms with Crippen LogP contribution in [-0.2, 0) is 23.6 Å². The third-order valence-electron chi connectivity index (χ3n) is 4.15. The van der Waals surface area contributed by atoms with E-state index in [-0.39, 0.29) is 5.69 Å². The molecule has 2 aromatic rings. The Kier molecular flexibility index (Phi) is 7.05. The van der Waals surface area contributed by atoms with Gasteiger partial charge in [-0.1, -0.05) is 6.92 Å². The monoisotopic (exact) mass is 395 g/mol. The molecular weight excluding hydrogens is 370 g/mol. The molecule has 0 aliphatic rings. The highest BCUT2D eigenvalue weighted by atomic mass is 32.2. The minimum Gasteiger partial charge on any atom is -0.312 e. The van der Waals surface area contributed by atoms with Crippen molar-refractivity contribution in [2.45, 2.75) is 19.9 Å². The fourth-order valence-corrected chi connectivity index (χ4v) is 3.74. The molecule has 0 fully saturated rings. The minimum atomic E-state index is -3.16. The van der Waals surface area contributed by atoms with Crippen LogP contribution in [0.25, 0.3) is 11.3 Å². The van der Waals surface area contributed by atoms with E-state index in [1.807, 2.05) is 20.2 Å². The molecule has 0 saturated carbocycles. The van der Waals surface area contributed by atoms with Gasteiger partial charge in [0.1, 0.15) is 0 Å². The van der Waals surface area contributed by atoms with E-state index in [2.05, 4.69) is 10.4 Å². The second kappa shape index (κ2) is 9.07. The molecule has 0 atom stereocenters. The summed E-state index contributed by atoms with van der Waals surface area (Å²) >= 11 is 0. The van der Waals surface area contributed by atoms with Crippen LogP contribution < -0.4 is 5.32 Å². The standard InChI is InChI=1S/C17H25N5O4S/c1-4-21(27(3,25)26)11-5-10-18-12-15-13-20(2)19-17(15)14-6-8-16(9-7-14)22(23)24/h6-9,13,18H,4-5,10-12H2,1-3H3. The quantitative estimate of drug-likeness (QED) is 0.373. The van der Waals surface area contributed by atoms with E-state index in [0.717, 1.165) is 16.8 Å². The first-order chi connectivity index (χ1) is 12.7. The van der Waals surface area contributed by atoms with Crippen LogP contribution in [0.5, 0.6) is 0 Å². The number of sulfonamides is 1. The van der Waals surface area contributed by atoms with Crippen molar-refractivity contribution in [2.24, 2.45) is 7.05 Å².